The zero-order valence-corrected chi connectivity index (χ0v) is 10.2. The van der Waals surface area contributed by atoms with E-state index < -0.39 is 0 Å². The lowest BCUT2D eigenvalue weighted by Crippen LogP contribution is -2.15. The van der Waals surface area contributed by atoms with Crippen LogP contribution in [-0.4, -0.2) is 26.3 Å². The van der Waals surface area contributed by atoms with Gasteiger partial charge in [-0.1, -0.05) is 6.92 Å². The average molecular weight is 231 g/mol. The Labute approximate surface area is 101 Å². The van der Waals surface area contributed by atoms with E-state index in [1.54, 1.807) is 17.1 Å². The summed E-state index contributed by atoms with van der Waals surface area (Å²) >= 11 is 0. The van der Waals surface area contributed by atoms with Crippen LogP contribution in [0.5, 0.6) is 0 Å². The molecule has 0 unspecified atom stereocenters. The average Bonchev–Trinajstić information content (AvgIpc) is 2.77. The van der Waals surface area contributed by atoms with Gasteiger partial charge in [0.25, 0.3) is 0 Å². The molecule has 0 aromatic carbocycles. The fourth-order valence-electron chi connectivity index (χ4n) is 1.52. The Hall–Kier alpha value is -1.75. The Morgan fingerprint density at radius 1 is 1.29 bits per heavy atom. The summed E-state index contributed by atoms with van der Waals surface area (Å²) in [5.74, 6) is 0.758. The minimum atomic E-state index is 0.745. The summed E-state index contributed by atoms with van der Waals surface area (Å²) in [4.78, 5) is 8.69. The summed E-state index contributed by atoms with van der Waals surface area (Å²) in [5, 5.41) is 7.52. The second-order valence-electron chi connectivity index (χ2n) is 4.01. The Morgan fingerprint density at radius 3 is 2.88 bits per heavy atom. The van der Waals surface area contributed by atoms with Crippen LogP contribution in [0.25, 0.3) is 5.82 Å². The molecule has 0 spiro atoms. The number of aryl methyl sites for hydroxylation is 1. The van der Waals surface area contributed by atoms with Crippen molar-refractivity contribution in [3.8, 4) is 5.82 Å². The molecular weight excluding hydrogens is 214 g/mol. The highest BCUT2D eigenvalue weighted by molar-refractivity contribution is 5.20. The topological polar surface area (TPSA) is 55.6 Å². The number of nitrogens with one attached hydrogen (secondary N) is 1. The molecular formula is C12H17N5. The second-order valence-corrected chi connectivity index (χ2v) is 4.01. The van der Waals surface area contributed by atoms with Crippen LogP contribution in [0.15, 0.2) is 24.8 Å². The molecule has 0 aliphatic heterocycles. The van der Waals surface area contributed by atoms with E-state index in [0.717, 1.165) is 36.6 Å². The number of nitrogens with zero attached hydrogens (tertiary/aromatic N) is 4. The molecule has 2 aromatic heterocycles. The van der Waals surface area contributed by atoms with Crippen molar-refractivity contribution >= 4 is 0 Å². The Kier molecular flexibility index (Phi) is 3.82. The molecule has 0 aliphatic rings. The van der Waals surface area contributed by atoms with Gasteiger partial charge in [0.05, 0.1) is 18.1 Å². The van der Waals surface area contributed by atoms with Crippen LogP contribution in [0, 0.1) is 6.92 Å². The molecule has 0 aliphatic carbocycles. The van der Waals surface area contributed by atoms with Crippen LogP contribution in [0.1, 0.15) is 24.6 Å². The number of rotatable bonds is 5. The van der Waals surface area contributed by atoms with Crippen LogP contribution in [0.3, 0.4) is 0 Å². The van der Waals surface area contributed by atoms with Gasteiger partial charge in [0.15, 0.2) is 5.82 Å². The molecule has 5 nitrogen and oxygen atoms in total. The van der Waals surface area contributed by atoms with Crippen molar-refractivity contribution in [2.45, 2.75) is 26.8 Å². The van der Waals surface area contributed by atoms with Crippen molar-refractivity contribution in [3.63, 3.8) is 0 Å². The van der Waals surface area contributed by atoms with Crippen LogP contribution in [0.4, 0.5) is 0 Å². The summed E-state index contributed by atoms with van der Waals surface area (Å²) in [7, 11) is 0. The summed E-state index contributed by atoms with van der Waals surface area (Å²) in [6.45, 7) is 5.88. The minimum absolute atomic E-state index is 0.745. The summed E-state index contributed by atoms with van der Waals surface area (Å²) < 4.78 is 1.74. The van der Waals surface area contributed by atoms with E-state index in [4.69, 9.17) is 0 Å². The quantitative estimate of drug-likeness (QED) is 0.792. The van der Waals surface area contributed by atoms with E-state index in [1.165, 1.54) is 0 Å². The summed E-state index contributed by atoms with van der Waals surface area (Å²) in [5.41, 5.74) is 2.05. The molecule has 17 heavy (non-hydrogen) atoms. The van der Waals surface area contributed by atoms with E-state index in [-0.39, 0.29) is 0 Å². The first-order chi connectivity index (χ1) is 8.29. The van der Waals surface area contributed by atoms with E-state index in [0.29, 0.717) is 0 Å². The maximum Gasteiger partial charge on any atom is 0.172 e. The smallest absolute Gasteiger partial charge is 0.172 e. The van der Waals surface area contributed by atoms with Gasteiger partial charge in [-0.3, -0.25) is 4.98 Å². The van der Waals surface area contributed by atoms with Gasteiger partial charge in [0.1, 0.15) is 0 Å². The highest BCUT2D eigenvalue weighted by atomic mass is 15.3. The maximum absolute atomic E-state index is 4.50. The van der Waals surface area contributed by atoms with E-state index in [2.05, 4.69) is 27.3 Å². The molecule has 2 rings (SSSR count). The Morgan fingerprint density at radius 2 is 2.18 bits per heavy atom. The first-order valence-corrected chi connectivity index (χ1v) is 5.83. The van der Waals surface area contributed by atoms with Crippen molar-refractivity contribution in [1.29, 1.82) is 0 Å². The monoisotopic (exact) mass is 231 g/mol. The Balaban J connectivity index is 2.11. The second kappa shape index (κ2) is 5.54. The summed E-state index contributed by atoms with van der Waals surface area (Å²) in [6.07, 6.45) is 8.36. The largest absolute Gasteiger partial charge is 0.311 e. The molecule has 2 aromatic rings. The highest BCUT2D eigenvalue weighted by Gasteiger charge is 2.02. The highest BCUT2D eigenvalue weighted by Crippen LogP contribution is 2.04. The van der Waals surface area contributed by atoms with Gasteiger partial charge in [0, 0.05) is 18.9 Å². The van der Waals surface area contributed by atoms with Crippen molar-refractivity contribution in [3.05, 3.63) is 36.0 Å². The fourth-order valence-corrected chi connectivity index (χ4v) is 1.52. The normalized spacial score (nSPS) is 10.7. The van der Waals surface area contributed by atoms with Crippen molar-refractivity contribution in [2.24, 2.45) is 0 Å². The van der Waals surface area contributed by atoms with Crippen molar-refractivity contribution in [2.75, 3.05) is 6.54 Å². The molecule has 5 heteroatoms. The SMILES string of the molecule is CCCNCc1cncc(-n2cc(C)cn2)n1. The standard InChI is InChI=1S/C12H17N5/c1-3-4-13-6-11-7-14-8-12(16-11)17-9-10(2)5-15-17/h5,7-9,13H,3-4,6H2,1-2H3. The molecule has 0 bridgehead atoms. The lowest BCUT2D eigenvalue weighted by atomic mass is 10.4. The fraction of sp³-hybridized carbons (Fsp3) is 0.417. The van der Waals surface area contributed by atoms with Gasteiger partial charge < -0.3 is 5.32 Å². The van der Waals surface area contributed by atoms with Gasteiger partial charge in [-0.15, -0.1) is 0 Å². The third-order valence-electron chi connectivity index (χ3n) is 2.35. The lowest BCUT2D eigenvalue weighted by molar-refractivity contribution is 0.658. The lowest BCUT2D eigenvalue weighted by Gasteiger charge is -2.04. The van der Waals surface area contributed by atoms with Crippen molar-refractivity contribution < 1.29 is 0 Å². The first-order valence-electron chi connectivity index (χ1n) is 5.83. The van der Waals surface area contributed by atoms with Crippen LogP contribution >= 0.6 is 0 Å². The van der Waals surface area contributed by atoms with Crippen LogP contribution < -0.4 is 5.32 Å². The molecule has 0 fully saturated rings. The predicted octanol–water partition coefficient (Wildman–Crippen LogP) is 1.47. The molecule has 90 valence electrons. The molecule has 0 atom stereocenters. The summed E-state index contributed by atoms with van der Waals surface area (Å²) in [6, 6.07) is 0. The molecule has 0 saturated carbocycles. The predicted molar refractivity (Wildman–Crippen MR) is 65.9 cm³/mol. The number of aromatic nitrogens is 4. The van der Waals surface area contributed by atoms with Crippen molar-refractivity contribution in [1.82, 2.24) is 25.1 Å². The molecule has 0 radical (unpaired) electrons. The number of hydrogen-bond donors (Lipinski definition) is 1. The third-order valence-corrected chi connectivity index (χ3v) is 2.35. The van der Waals surface area contributed by atoms with Gasteiger partial charge in [-0.05, 0) is 25.5 Å². The number of hydrogen-bond acceptors (Lipinski definition) is 4. The van der Waals surface area contributed by atoms with Gasteiger partial charge in [-0.25, -0.2) is 9.67 Å². The minimum Gasteiger partial charge on any atom is -0.311 e. The maximum atomic E-state index is 4.50. The third kappa shape index (κ3) is 3.10. The molecule has 2 heterocycles. The van der Waals surface area contributed by atoms with Gasteiger partial charge in [0.2, 0.25) is 0 Å². The molecule has 1 N–H and O–H groups in total. The Bertz CT molecular complexity index is 477. The molecule has 0 amide bonds. The molecule has 0 saturated heterocycles. The zero-order chi connectivity index (χ0) is 12.1. The van der Waals surface area contributed by atoms with Crippen LogP contribution in [0.2, 0.25) is 0 Å². The van der Waals surface area contributed by atoms with Gasteiger partial charge >= 0.3 is 0 Å². The zero-order valence-electron chi connectivity index (χ0n) is 10.2. The van der Waals surface area contributed by atoms with E-state index in [9.17, 15) is 0 Å². The first kappa shape index (κ1) is 11.7. The van der Waals surface area contributed by atoms with E-state index in [1.807, 2.05) is 19.3 Å². The van der Waals surface area contributed by atoms with E-state index >= 15 is 0 Å². The van der Waals surface area contributed by atoms with Gasteiger partial charge in [-0.2, -0.15) is 5.10 Å². The van der Waals surface area contributed by atoms with Crippen LogP contribution in [-0.2, 0) is 6.54 Å².